The summed E-state index contributed by atoms with van der Waals surface area (Å²) in [6, 6.07) is 8.62. The van der Waals surface area contributed by atoms with E-state index in [1.165, 1.54) is 12.0 Å². The van der Waals surface area contributed by atoms with Gasteiger partial charge in [0.25, 0.3) is 5.91 Å². The van der Waals surface area contributed by atoms with Crippen LogP contribution < -0.4 is 10.2 Å². The topological polar surface area (TPSA) is 87.7 Å². The van der Waals surface area contributed by atoms with Crippen molar-refractivity contribution in [3.63, 3.8) is 0 Å². The molecule has 4 aliphatic heterocycles. The van der Waals surface area contributed by atoms with Gasteiger partial charge in [-0.15, -0.1) is 0 Å². The second kappa shape index (κ2) is 11.1. The molecular weight excluding hydrogens is 486 g/mol. The zero-order valence-corrected chi connectivity index (χ0v) is 22.3. The molecule has 1 unspecified atom stereocenters. The zero-order valence-electron chi connectivity index (χ0n) is 21.5. The summed E-state index contributed by atoms with van der Waals surface area (Å²) in [5.74, 6) is 2.79. The Morgan fingerprint density at radius 3 is 2.41 bits per heavy atom. The standard InChI is InChI=1S/C28H37N5O3S/c34-27(32-13-2-1-3-14-32)22-6-4-20(5-7-22)21-8-15-33(16-9-21)28-30-24-12-19-37(35)25(24)26(31-28)29-23-10-17-36-18-11-23/h4-7,21,23H,1-3,8-19H2,(H,29,30,31). The Labute approximate surface area is 221 Å². The summed E-state index contributed by atoms with van der Waals surface area (Å²) in [6.07, 6.45) is 8.12. The molecule has 2 aromatic rings. The highest BCUT2D eigenvalue weighted by molar-refractivity contribution is 7.85. The van der Waals surface area contributed by atoms with E-state index in [0.717, 1.165) is 112 Å². The van der Waals surface area contributed by atoms with E-state index in [-0.39, 0.29) is 5.91 Å². The fraction of sp³-hybridized carbons (Fsp3) is 0.607. The molecule has 0 radical (unpaired) electrons. The minimum Gasteiger partial charge on any atom is -0.381 e. The van der Waals surface area contributed by atoms with Crippen LogP contribution in [0.3, 0.4) is 0 Å². The van der Waals surface area contributed by atoms with Crippen molar-refractivity contribution in [1.82, 2.24) is 14.9 Å². The number of likely N-dealkylation sites (tertiary alicyclic amines) is 1. The average Bonchev–Trinajstić information content (AvgIpc) is 3.34. The van der Waals surface area contributed by atoms with Crippen molar-refractivity contribution >= 4 is 28.5 Å². The predicted molar refractivity (Wildman–Crippen MR) is 145 cm³/mol. The summed E-state index contributed by atoms with van der Waals surface area (Å²) in [7, 11) is -1.03. The fourth-order valence-electron chi connectivity index (χ4n) is 6.05. The highest BCUT2D eigenvalue weighted by Gasteiger charge is 2.30. The predicted octanol–water partition coefficient (Wildman–Crippen LogP) is 3.74. The molecule has 3 fully saturated rings. The van der Waals surface area contributed by atoms with Crippen molar-refractivity contribution in [3.8, 4) is 0 Å². The zero-order chi connectivity index (χ0) is 25.2. The van der Waals surface area contributed by atoms with Crippen LogP contribution >= 0.6 is 0 Å². The molecule has 5 heterocycles. The van der Waals surface area contributed by atoms with Crippen molar-refractivity contribution in [2.45, 2.75) is 68.2 Å². The van der Waals surface area contributed by atoms with Crippen LogP contribution in [0.1, 0.15) is 72.5 Å². The lowest BCUT2D eigenvalue weighted by Gasteiger charge is -2.33. The lowest BCUT2D eigenvalue weighted by atomic mass is 9.89. The van der Waals surface area contributed by atoms with Gasteiger partial charge in [0, 0.05) is 63.2 Å². The van der Waals surface area contributed by atoms with Gasteiger partial charge < -0.3 is 19.9 Å². The van der Waals surface area contributed by atoms with Gasteiger partial charge in [0.15, 0.2) is 0 Å². The minimum absolute atomic E-state index is 0.168. The van der Waals surface area contributed by atoms with Gasteiger partial charge in [0.05, 0.1) is 16.5 Å². The number of fused-ring (bicyclic) bond motifs is 1. The van der Waals surface area contributed by atoms with Gasteiger partial charge in [0.1, 0.15) is 10.7 Å². The summed E-state index contributed by atoms with van der Waals surface area (Å²) in [5.41, 5.74) is 3.05. The smallest absolute Gasteiger partial charge is 0.253 e. The summed E-state index contributed by atoms with van der Waals surface area (Å²) >= 11 is 0. The van der Waals surface area contributed by atoms with Crippen molar-refractivity contribution in [3.05, 3.63) is 41.1 Å². The third-order valence-corrected chi connectivity index (χ3v) is 9.75. The molecule has 0 spiro atoms. The number of nitrogens with zero attached hydrogens (tertiary/aromatic N) is 4. The first-order valence-electron chi connectivity index (χ1n) is 13.9. The Balaban J connectivity index is 1.12. The van der Waals surface area contributed by atoms with Crippen LogP contribution in [0.25, 0.3) is 0 Å². The number of anilines is 2. The number of aryl methyl sites for hydroxylation is 1. The third-order valence-electron chi connectivity index (χ3n) is 8.29. The molecule has 6 rings (SSSR count). The maximum atomic E-state index is 12.8. The Hall–Kier alpha value is -2.52. The lowest BCUT2D eigenvalue weighted by Crippen LogP contribution is -2.36. The van der Waals surface area contributed by atoms with Crippen LogP contribution in [0.5, 0.6) is 0 Å². The number of aromatic nitrogens is 2. The molecule has 1 N–H and O–H groups in total. The molecule has 1 atom stereocenters. The van der Waals surface area contributed by atoms with E-state index in [2.05, 4.69) is 22.3 Å². The number of nitrogens with one attached hydrogen (secondary N) is 1. The quantitative estimate of drug-likeness (QED) is 0.639. The van der Waals surface area contributed by atoms with Gasteiger partial charge in [-0.2, -0.15) is 4.98 Å². The molecule has 3 saturated heterocycles. The normalized spacial score (nSPS) is 23.2. The van der Waals surface area contributed by atoms with Crippen molar-refractivity contribution < 1.29 is 13.7 Å². The van der Waals surface area contributed by atoms with E-state index in [1.54, 1.807) is 0 Å². The average molecular weight is 524 g/mol. The minimum atomic E-state index is -1.03. The van der Waals surface area contributed by atoms with Gasteiger partial charge in [-0.25, -0.2) is 4.98 Å². The van der Waals surface area contributed by atoms with Crippen LogP contribution in [-0.4, -0.2) is 76.2 Å². The SMILES string of the molecule is O=C(c1ccc(C2CCN(c3nc4c(c(NC5CCOCC5)n3)S(=O)CC4)CC2)cc1)N1CCCCC1. The van der Waals surface area contributed by atoms with Crippen molar-refractivity contribution in [2.75, 3.05) is 55.4 Å². The first kappa shape index (κ1) is 24.8. The van der Waals surface area contributed by atoms with Gasteiger partial charge in [0.2, 0.25) is 5.95 Å². The van der Waals surface area contributed by atoms with E-state index >= 15 is 0 Å². The molecule has 0 saturated carbocycles. The summed E-state index contributed by atoms with van der Waals surface area (Å²) in [6.45, 7) is 5.04. The van der Waals surface area contributed by atoms with E-state index < -0.39 is 10.8 Å². The second-order valence-corrected chi connectivity index (χ2v) is 12.2. The lowest BCUT2D eigenvalue weighted by molar-refractivity contribution is 0.0724. The maximum absolute atomic E-state index is 12.8. The molecule has 0 aliphatic carbocycles. The van der Waals surface area contributed by atoms with E-state index in [9.17, 15) is 9.00 Å². The first-order valence-corrected chi connectivity index (χ1v) is 15.3. The molecule has 1 aromatic carbocycles. The van der Waals surface area contributed by atoms with Crippen LogP contribution in [0.2, 0.25) is 0 Å². The molecule has 198 valence electrons. The Morgan fingerprint density at radius 1 is 0.946 bits per heavy atom. The molecule has 9 heteroatoms. The van der Waals surface area contributed by atoms with Crippen LogP contribution in [-0.2, 0) is 22.0 Å². The Kier molecular flexibility index (Phi) is 7.42. The van der Waals surface area contributed by atoms with Gasteiger partial charge in [-0.1, -0.05) is 12.1 Å². The van der Waals surface area contributed by atoms with Gasteiger partial charge >= 0.3 is 0 Å². The number of benzene rings is 1. The summed E-state index contributed by atoms with van der Waals surface area (Å²) in [5, 5.41) is 3.58. The largest absolute Gasteiger partial charge is 0.381 e. The number of carbonyl (C=O) groups excluding carboxylic acids is 1. The van der Waals surface area contributed by atoms with Crippen LogP contribution in [0, 0.1) is 0 Å². The monoisotopic (exact) mass is 523 g/mol. The van der Waals surface area contributed by atoms with Crippen LogP contribution in [0.4, 0.5) is 11.8 Å². The third kappa shape index (κ3) is 5.39. The Bertz CT molecular complexity index is 1140. The maximum Gasteiger partial charge on any atom is 0.253 e. The van der Waals surface area contributed by atoms with Crippen molar-refractivity contribution in [2.24, 2.45) is 0 Å². The molecular formula is C28H37N5O3S. The van der Waals surface area contributed by atoms with Gasteiger partial charge in [-0.3, -0.25) is 9.00 Å². The molecule has 0 bridgehead atoms. The van der Waals surface area contributed by atoms with Gasteiger partial charge in [-0.05, 0) is 68.6 Å². The molecule has 8 nitrogen and oxygen atoms in total. The van der Waals surface area contributed by atoms with E-state index in [4.69, 9.17) is 14.7 Å². The molecule has 1 aromatic heterocycles. The van der Waals surface area contributed by atoms with Crippen LogP contribution in [0.15, 0.2) is 29.2 Å². The Morgan fingerprint density at radius 2 is 1.68 bits per heavy atom. The van der Waals surface area contributed by atoms with E-state index in [1.807, 2.05) is 17.0 Å². The number of hydrogen-bond donors (Lipinski definition) is 1. The summed E-state index contributed by atoms with van der Waals surface area (Å²) in [4.78, 5) is 27.7. The number of piperidine rings is 2. The second-order valence-electron chi connectivity index (χ2n) is 10.7. The fourth-order valence-corrected chi connectivity index (χ4v) is 7.36. The number of ether oxygens (including phenoxy) is 1. The van der Waals surface area contributed by atoms with Crippen molar-refractivity contribution in [1.29, 1.82) is 0 Å². The highest BCUT2D eigenvalue weighted by atomic mass is 32.2. The number of rotatable bonds is 5. The molecule has 4 aliphatic rings. The number of carbonyl (C=O) groups is 1. The first-order chi connectivity index (χ1) is 18.2. The molecule has 37 heavy (non-hydrogen) atoms. The highest BCUT2D eigenvalue weighted by Crippen LogP contribution is 2.34. The van der Waals surface area contributed by atoms with E-state index in [0.29, 0.717) is 17.7 Å². The number of amides is 1. The number of hydrogen-bond acceptors (Lipinski definition) is 7. The molecule has 1 amide bonds. The summed E-state index contributed by atoms with van der Waals surface area (Å²) < 4.78 is 18.2.